The lowest BCUT2D eigenvalue weighted by Crippen LogP contribution is -2.12. The summed E-state index contributed by atoms with van der Waals surface area (Å²) in [6.07, 6.45) is 1.14. The molecule has 0 fully saturated rings. The number of hydrazine groups is 1. The van der Waals surface area contributed by atoms with Crippen LogP contribution < -0.4 is 16.0 Å². The van der Waals surface area contributed by atoms with Crippen LogP contribution in [0.1, 0.15) is 5.56 Å². The second-order valence-electron chi connectivity index (χ2n) is 6.75. The van der Waals surface area contributed by atoms with Crippen molar-refractivity contribution >= 4 is 39.0 Å². The Morgan fingerprint density at radius 3 is 2.31 bits per heavy atom. The van der Waals surface area contributed by atoms with Gasteiger partial charge in [0.2, 0.25) is 0 Å². The van der Waals surface area contributed by atoms with Crippen LogP contribution in [0.15, 0.2) is 65.7 Å². The zero-order valence-electron chi connectivity index (χ0n) is 16.5. The second-order valence-corrected chi connectivity index (χ2v) is 8.57. The number of rotatable bonds is 5. The fourth-order valence-corrected chi connectivity index (χ4v) is 4.43. The number of hydrogen-bond acceptors (Lipinski definition) is 5. The van der Waals surface area contributed by atoms with Gasteiger partial charge in [0, 0.05) is 23.7 Å². The van der Waals surface area contributed by atoms with Crippen LogP contribution in [-0.4, -0.2) is 12.4 Å². The van der Waals surface area contributed by atoms with Crippen molar-refractivity contribution in [2.24, 2.45) is 5.84 Å². The summed E-state index contributed by atoms with van der Waals surface area (Å²) in [6, 6.07) is 11.5. The van der Waals surface area contributed by atoms with Gasteiger partial charge in [-0.2, -0.15) is 0 Å². The first-order chi connectivity index (χ1) is 14.7. The molecule has 168 valence electrons. The summed E-state index contributed by atoms with van der Waals surface area (Å²) in [7, 11) is -4.08. The van der Waals surface area contributed by atoms with Gasteiger partial charge in [0.1, 0.15) is 11.6 Å². The number of ether oxygens (including phenoxy) is 1. The average Bonchev–Trinajstić information content (AvgIpc) is 3.17. The van der Waals surface area contributed by atoms with E-state index in [-0.39, 0.29) is 39.6 Å². The maximum absolute atomic E-state index is 15.0. The number of halogens is 4. The average molecular weight is 484 g/mol. The molecular weight excluding hydrogens is 467 g/mol. The van der Waals surface area contributed by atoms with E-state index in [4.69, 9.17) is 10.6 Å². The maximum atomic E-state index is 15.0. The number of fused-ring (bicyclic) bond motifs is 1. The van der Waals surface area contributed by atoms with Crippen LogP contribution in [0, 0.1) is 24.4 Å². The van der Waals surface area contributed by atoms with Crippen molar-refractivity contribution in [1.82, 2.24) is 3.97 Å². The van der Waals surface area contributed by atoms with Crippen LogP contribution in [0.5, 0.6) is 11.5 Å². The summed E-state index contributed by atoms with van der Waals surface area (Å²) >= 11 is 0. The summed E-state index contributed by atoms with van der Waals surface area (Å²) in [5.74, 6) is 1.46. The first-order valence-electron chi connectivity index (χ1n) is 8.97. The molecule has 0 aliphatic heterocycles. The molecule has 3 N–H and O–H groups in total. The van der Waals surface area contributed by atoms with Crippen molar-refractivity contribution in [3.63, 3.8) is 0 Å². The molecule has 0 aliphatic rings. The second kappa shape index (κ2) is 8.73. The van der Waals surface area contributed by atoms with Crippen molar-refractivity contribution in [1.29, 1.82) is 0 Å². The molecule has 6 nitrogen and oxygen atoms in total. The fourth-order valence-electron chi connectivity index (χ4n) is 3.09. The van der Waals surface area contributed by atoms with Gasteiger partial charge in [-0.05, 0) is 37.3 Å². The van der Waals surface area contributed by atoms with E-state index in [1.165, 1.54) is 24.3 Å². The standard InChI is InChI=1S/C21H16F3N3O3S.ClH/c1-12-2-5-14(6-3-12)31(28,29)27-9-8-15-19(27)11-17(23)21(20(15)24)30-13-4-7-16(22)18(10-13)26-25;/h2-11,26H,25H2,1H3;1H. The van der Waals surface area contributed by atoms with E-state index >= 15 is 4.39 Å². The van der Waals surface area contributed by atoms with Gasteiger partial charge in [-0.1, -0.05) is 17.7 Å². The minimum atomic E-state index is -4.08. The Labute approximate surface area is 187 Å². The van der Waals surface area contributed by atoms with Gasteiger partial charge in [-0.3, -0.25) is 5.84 Å². The van der Waals surface area contributed by atoms with Crippen molar-refractivity contribution in [3.05, 3.63) is 83.8 Å². The van der Waals surface area contributed by atoms with Gasteiger partial charge in [0.05, 0.1) is 16.1 Å². The molecule has 32 heavy (non-hydrogen) atoms. The molecule has 3 aromatic carbocycles. The lowest BCUT2D eigenvalue weighted by Gasteiger charge is -2.12. The Morgan fingerprint density at radius 1 is 0.969 bits per heavy atom. The minimum absolute atomic E-state index is 0. The predicted octanol–water partition coefficient (Wildman–Crippen LogP) is 5.10. The third kappa shape index (κ3) is 3.99. The topological polar surface area (TPSA) is 86.3 Å². The number of anilines is 1. The highest BCUT2D eigenvalue weighted by Gasteiger charge is 2.24. The summed E-state index contributed by atoms with van der Waals surface area (Å²) < 4.78 is 75.3. The normalized spacial score (nSPS) is 11.3. The van der Waals surface area contributed by atoms with Crippen LogP contribution in [0.3, 0.4) is 0 Å². The van der Waals surface area contributed by atoms with E-state index in [2.05, 4.69) is 5.43 Å². The van der Waals surface area contributed by atoms with Gasteiger partial charge in [0.25, 0.3) is 10.0 Å². The van der Waals surface area contributed by atoms with Gasteiger partial charge < -0.3 is 10.2 Å². The molecular formula is C21H17ClF3N3O3S. The minimum Gasteiger partial charge on any atom is -0.451 e. The highest BCUT2D eigenvalue weighted by molar-refractivity contribution is 7.90. The summed E-state index contributed by atoms with van der Waals surface area (Å²) in [6.45, 7) is 1.81. The lowest BCUT2D eigenvalue weighted by molar-refractivity contribution is 0.410. The fraction of sp³-hybridized carbons (Fsp3) is 0.0476. The maximum Gasteiger partial charge on any atom is 0.268 e. The number of nitrogen functional groups attached to an aromatic ring is 1. The van der Waals surface area contributed by atoms with E-state index in [1.807, 2.05) is 0 Å². The van der Waals surface area contributed by atoms with Crippen LogP contribution >= 0.6 is 12.4 Å². The monoisotopic (exact) mass is 483 g/mol. The van der Waals surface area contributed by atoms with Crippen LogP contribution in [0.2, 0.25) is 0 Å². The highest BCUT2D eigenvalue weighted by Crippen LogP contribution is 2.35. The zero-order valence-corrected chi connectivity index (χ0v) is 18.1. The molecule has 0 radical (unpaired) electrons. The molecule has 1 heterocycles. The Morgan fingerprint density at radius 2 is 1.66 bits per heavy atom. The van der Waals surface area contributed by atoms with E-state index in [1.54, 1.807) is 19.1 Å². The first-order valence-corrected chi connectivity index (χ1v) is 10.4. The molecule has 0 saturated heterocycles. The summed E-state index contributed by atoms with van der Waals surface area (Å²) in [4.78, 5) is -0.0233. The summed E-state index contributed by atoms with van der Waals surface area (Å²) in [5.41, 5.74) is 2.65. The van der Waals surface area contributed by atoms with Gasteiger partial charge in [-0.25, -0.2) is 25.6 Å². The predicted molar refractivity (Wildman–Crippen MR) is 117 cm³/mol. The Bertz CT molecular complexity index is 1410. The third-order valence-electron chi connectivity index (χ3n) is 4.70. The van der Waals surface area contributed by atoms with E-state index in [0.29, 0.717) is 0 Å². The van der Waals surface area contributed by atoms with Crippen LogP contribution in [0.4, 0.5) is 18.9 Å². The number of nitrogens with one attached hydrogen (secondary N) is 1. The molecule has 0 atom stereocenters. The molecule has 0 spiro atoms. The molecule has 0 bridgehead atoms. The van der Waals surface area contributed by atoms with Gasteiger partial charge >= 0.3 is 0 Å². The SMILES string of the molecule is Cc1ccc(S(=O)(=O)n2ccc3c(F)c(Oc4ccc(F)c(NN)c4)c(F)cc32)cc1.Cl. The first kappa shape index (κ1) is 23.5. The van der Waals surface area contributed by atoms with Crippen LogP contribution in [-0.2, 0) is 10.0 Å². The molecule has 4 rings (SSSR count). The Balaban J connectivity index is 0.00000289. The number of aryl methyl sites for hydroxylation is 1. The zero-order chi connectivity index (χ0) is 22.3. The molecule has 1 aromatic heterocycles. The molecule has 4 aromatic rings. The van der Waals surface area contributed by atoms with Crippen molar-refractivity contribution in [2.75, 3.05) is 5.43 Å². The number of nitrogens with zero attached hydrogens (tertiary/aromatic N) is 1. The van der Waals surface area contributed by atoms with Gasteiger partial charge in [-0.15, -0.1) is 12.4 Å². The smallest absolute Gasteiger partial charge is 0.268 e. The van der Waals surface area contributed by atoms with E-state index in [0.717, 1.165) is 33.9 Å². The molecule has 0 saturated carbocycles. The molecule has 0 aliphatic carbocycles. The van der Waals surface area contributed by atoms with Crippen molar-refractivity contribution < 1.29 is 26.3 Å². The summed E-state index contributed by atoms with van der Waals surface area (Å²) in [5, 5.41) is -0.161. The Hall–Kier alpha value is -3.21. The molecule has 0 amide bonds. The number of hydrogen-bond donors (Lipinski definition) is 2. The lowest BCUT2D eigenvalue weighted by atomic mass is 10.2. The quantitative estimate of drug-likeness (QED) is 0.304. The third-order valence-corrected chi connectivity index (χ3v) is 6.40. The highest BCUT2D eigenvalue weighted by atomic mass is 35.5. The van der Waals surface area contributed by atoms with Gasteiger partial charge in [0.15, 0.2) is 17.4 Å². The number of benzene rings is 3. The van der Waals surface area contributed by atoms with Crippen molar-refractivity contribution in [2.45, 2.75) is 11.8 Å². The number of nitrogens with two attached hydrogens (primary N) is 1. The Kier molecular flexibility index (Phi) is 6.40. The van der Waals surface area contributed by atoms with E-state index in [9.17, 15) is 17.2 Å². The molecule has 11 heteroatoms. The largest absolute Gasteiger partial charge is 0.451 e. The van der Waals surface area contributed by atoms with Crippen molar-refractivity contribution in [3.8, 4) is 11.5 Å². The van der Waals surface area contributed by atoms with E-state index < -0.39 is 33.2 Å². The molecule has 0 unspecified atom stereocenters. The van der Waals surface area contributed by atoms with Crippen LogP contribution in [0.25, 0.3) is 10.9 Å². The number of aromatic nitrogens is 1.